The molecule has 0 aliphatic carbocycles. The predicted molar refractivity (Wildman–Crippen MR) is 124 cm³/mol. The van der Waals surface area contributed by atoms with Crippen molar-refractivity contribution in [1.29, 1.82) is 0 Å². The Bertz CT molecular complexity index is 1260. The molecular weight excluding hydrogens is 444 g/mol. The van der Waals surface area contributed by atoms with Crippen molar-refractivity contribution >= 4 is 44.2 Å². The fourth-order valence-corrected chi connectivity index (χ4v) is 5.35. The van der Waals surface area contributed by atoms with Crippen molar-refractivity contribution < 1.29 is 18.0 Å². The van der Waals surface area contributed by atoms with Crippen LogP contribution in [0.3, 0.4) is 0 Å². The lowest BCUT2D eigenvalue weighted by Crippen LogP contribution is -2.27. The normalized spacial score (nSPS) is 14.5. The van der Waals surface area contributed by atoms with E-state index in [9.17, 15) is 18.0 Å². The number of carbonyl (C=O) groups excluding carboxylic acids is 2. The molecule has 10 nitrogen and oxygen atoms in total. The number of aromatic nitrogens is 3. The highest BCUT2D eigenvalue weighted by Gasteiger charge is 2.27. The monoisotopic (exact) mass is 470 g/mol. The zero-order valence-electron chi connectivity index (χ0n) is 18.3. The summed E-state index contributed by atoms with van der Waals surface area (Å²) in [5, 5.41) is 13.7. The second-order valence-corrected chi connectivity index (χ2v) is 9.92. The first kappa shape index (κ1) is 22.9. The van der Waals surface area contributed by atoms with Gasteiger partial charge in [-0.25, -0.2) is 13.1 Å². The van der Waals surface area contributed by atoms with Crippen molar-refractivity contribution in [1.82, 2.24) is 19.3 Å². The summed E-state index contributed by atoms with van der Waals surface area (Å²) in [5.41, 5.74) is 2.55. The summed E-state index contributed by atoms with van der Waals surface area (Å²) in [6, 6.07) is 11.8. The number of amides is 2. The van der Waals surface area contributed by atoms with E-state index in [4.69, 9.17) is 0 Å². The standard InChI is InChI=1S/C22H26N6O4S/c1-16(29)23-17-6-8-18(9-7-17)24-22(30)5-4-14-28-21-11-10-19(15-20(21)25-26-28)33(31,32)27-12-2-3-13-27/h6-11,15H,2-5,12-14H2,1H3,(H,23,29)(H,24,30). The van der Waals surface area contributed by atoms with Gasteiger partial charge in [-0.2, -0.15) is 4.31 Å². The lowest BCUT2D eigenvalue weighted by Gasteiger charge is -2.15. The van der Waals surface area contributed by atoms with E-state index in [1.807, 2.05) is 0 Å². The van der Waals surface area contributed by atoms with Gasteiger partial charge in [0.2, 0.25) is 21.8 Å². The largest absolute Gasteiger partial charge is 0.326 e. The Morgan fingerprint density at radius 3 is 2.33 bits per heavy atom. The maximum Gasteiger partial charge on any atom is 0.243 e. The number of sulfonamides is 1. The molecule has 1 fully saturated rings. The van der Waals surface area contributed by atoms with Crippen molar-refractivity contribution in [2.75, 3.05) is 23.7 Å². The molecule has 2 heterocycles. The number of fused-ring (bicyclic) bond motifs is 1. The minimum Gasteiger partial charge on any atom is -0.326 e. The van der Waals surface area contributed by atoms with Crippen LogP contribution >= 0.6 is 0 Å². The predicted octanol–water partition coefficient (Wildman–Crippen LogP) is 2.59. The summed E-state index contributed by atoms with van der Waals surface area (Å²) in [5.74, 6) is -0.289. The average molecular weight is 471 g/mol. The molecule has 2 aromatic carbocycles. The number of anilines is 2. The van der Waals surface area contributed by atoms with E-state index in [-0.39, 0.29) is 23.1 Å². The second kappa shape index (κ2) is 9.67. The van der Waals surface area contributed by atoms with Crippen molar-refractivity contribution in [3.05, 3.63) is 42.5 Å². The number of benzene rings is 2. The Morgan fingerprint density at radius 1 is 1.00 bits per heavy atom. The first-order valence-corrected chi connectivity index (χ1v) is 12.3. The molecule has 0 unspecified atom stereocenters. The maximum atomic E-state index is 12.8. The number of rotatable bonds is 8. The van der Waals surface area contributed by atoms with E-state index < -0.39 is 10.0 Å². The number of carbonyl (C=O) groups is 2. The Kier molecular flexibility index (Phi) is 6.70. The van der Waals surface area contributed by atoms with Gasteiger partial charge in [0.25, 0.3) is 0 Å². The lowest BCUT2D eigenvalue weighted by atomic mass is 10.2. The van der Waals surface area contributed by atoms with E-state index in [1.54, 1.807) is 47.1 Å². The zero-order chi connectivity index (χ0) is 23.4. The summed E-state index contributed by atoms with van der Waals surface area (Å²) in [6.45, 7) is 3.01. The molecule has 1 saturated heterocycles. The highest BCUT2D eigenvalue weighted by Crippen LogP contribution is 2.24. The molecule has 1 aromatic heterocycles. The van der Waals surface area contributed by atoms with Crippen LogP contribution in [0.25, 0.3) is 11.0 Å². The third-order valence-corrected chi connectivity index (χ3v) is 7.35. The first-order valence-electron chi connectivity index (χ1n) is 10.8. The highest BCUT2D eigenvalue weighted by atomic mass is 32.2. The molecule has 1 aliphatic heterocycles. The summed E-state index contributed by atoms with van der Waals surface area (Å²) in [7, 11) is -3.50. The van der Waals surface area contributed by atoms with Crippen molar-refractivity contribution in [3.8, 4) is 0 Å². The Morgan fingerprint density at radius 2 is 1.67 bits per heavy atom. The summed E-state index contributed by atoms with van der Waals surface area (Å²) < 4.78 is 28.7. The van der Waals surface area contributed by atoms with Crippen molar-refractivity contribution in [3.63, 3.8) is 0 Å². The van der Waals surface area contributed by atoms with Gasteiger partial charge in [0.15, 0.2) is 0 Å². The molecule has 2 amide bonds. The molecule has 174 valence electrons. The summed E-state index contributed by atoms with van der Waals surface area (Å²) in [6.07, 6.45) is 2.60. The molecule has 0 bridgehead atoms. The molecule has 2 N–H and O–H groups in total. The number of hydrogen-bond acceptors (Lipinski definition) is 6. The van der Waals surface area contributed by atoms with Gasteiger partial charge in [-0.1, -0.05) is 5.21 Å². The van der Waals surface area contributed by atoms with Gasteiger partial charge in [0, 0.05) is 44.4 Å². The average Bonchev–Trinajstić information content (AvgIpc) is 3.45. The van der Waals surface area contributed by atoms with E-state index in [1.165, 1.54) is 11.2 Å². The van der Waals surface area contributed by atoms with Gasteiger partial charge >= 0.3 is 0 Å². The highest BCUT2D eigenvalue weighted by molar-refractivity contribution is 7.89. The lowest BCUT2D eigenvalue weighted by molar-refractivity contribution is -0.116. The molecule has 33 heavy (non-hydrogen) atoms. The zero-order valence-corrected chi connectivity index (χ0v) is 19.1. The SMILES string of the molecule is CC(=O)Nc1ccc(NC(=O)CCCn2nnc3cc(S(=O)(=O)N4CCCC4)ccc32)cc1. The summed E-state index contributed by atoms with van der Waals surface area (Å²) in [4.78, 5) is 23.5. The van der Waals surface area contributed by atoms with Crippen LogP contribution in [0.15, 0.2) is 47.4 Å². The topological polar surface area (TPSA) is 126 Å². The molecule has 3 aromatic rings. The van der Waals surface area contributed by atoms with E-state index in [0.717, 1.165) is 18.4 Å². The van der Waals surface area contributed by atoms with Crippen LogP contribution in [0.1, 0.15) is 32.6 Å². The van der Waals surface area contributed by atoms with E-state index in [0.29, 0.717) is 42.9 Å². The molecule has 0 atom stereocenters. The van der Waals surface area contributed by atoms with E-state index in [2.05, 4.69) is 20.9 Å². The van der Waals surface area contributed by atoms with Crippen molar-refractivity contribution in [2.24, 2.45) is 0 Å². The van der Waals surface area contributed by atoms with Crippen LogP contribution in [-0.2, 0) is 26.2 Å². The second-order valence-electron chi connectivity index (χ2n) is 7.98. The van der Waals surface area contributed by atoms with Crippen molar-refractivity contribution in [2.45, 2.75) is 44.0 Å². The van der Waals surface area contributed by atoms with Gasteiger partial charge in [-0.3, -0.25) is 9.59 Å². The third kappa shape index (κ3) is 5.37. The van der Waals surface area contributed by atoms with Crippen LogP contribution in [0, 0.1) is 0 Å². The maximum absolute atomic E-state index is 12.8. The van der Waals surface area contributed by atoms with Gasteiger partial charge in [-0.15, -0.1) is 5.10 Å². The number of aryl methyl sites for hydroxylation is 1. The molecule has 0 spiro atoms. The summed E-state index contributed by atoms with van der Waals surface area (Å²) >= 11 is 0. The quantitative estimate of drug-likeness (QED) is 0.521. The number of nitrogens with zero attached hydrogens (tertiary/aromatic N) is 4. The van der Waals surface area contributed by atoms with E-state index >= 15 is 0 Å². The minimum atomic E-state index is -3.50. The van der Waals surface area contributed by atoms with Crippen LogP contribution in [0.2, 0.25) is 0 Å². The van der Waals surface area contributed by atoms with Gasteiger partial charge in [0.1, 0.15) is 5.52 Å². The Hall–Kier alpha value is -3.31. The third-order valence-electron chi connectivity index (χ3n) is 5.45. The Labute approximate surface area is 192 Å². The van der Waals surface area contributed by atoms with Gasteiger partial charge in [-0.05, 0) is 61.7 Å². The molecule has 0 saturated carbocycles. The molecule has 1 aliphatic rings. The fourth-order valence-electron chi connectivity index (χ4n) is 3.81. The first-order chi connectivity index (χ1) is 15.8. The molecular formula is C22H26N6O4S. The van der Waals surface area contributed by atoms with Crippen LogP contribution in [0.5, 0.6) is 0 Å². The Balaban J connectivity index is 1.33. The molecule has 11 heteroatoms. The molecule has 0 radical (unpaired) electrons. The van der Waals surface area contributed by atoms with Crippen LogP contribution in [0.4, 0.5) is 11.4 Å². The van der Waals surface area contributed by atoms with Crippen LogP contribution < -0.4 is 10.6 Å². The smallest absolute Gasteiger partial charge is 0.243 e. The van der Waals surface area contributed by atoms with Gasteiger partial charge in [0.05, 0.1) is 10.4 Å². The molecule has 4 rings (SSSR count). The van der Waals surface area contributed by atoms with Crippen LogP contribution in [-0.4, -0.2) is 52.6 Å². The minimum absolute atomic E-state index is 0.134. The number of hydrogen-bond donors (Lipinski definition) is 2. The fraction of sp³-hybridized carbons (Fsp3) is 0.364. The van der Waals surface area contributed by atoms with Gasteiger partial charge < -0.3 is 10.6 Å². The number of nitrogens with one attached hydrogen (secondary N) is 2.